The highest BCUT2D eigenvalue weighted by Crippen LogP contribution is 2.30. The van der Waals surface area contributed by atoms with Gasteiger partial charge in [0.05, 0.1) is 19.0 Å². The number of ether oxygens (including phenoxy) is 2. The number of hydrogen-bond donors (Lipinski definition) is 1. The average Bonchev–Trinajstić information content (AvgIpc) is 2.78. The number of carbonyl (C=O) groups is 1. The number of nitrogens with two attached hydrogens (primary N) is 1. The van der Waals surface area contributed by atoms with E-state index in [-0.39, 0.29) is 5.82 Å². The van der Waals surface area contributed by atoms with E-state index in [0.717, 1.165) is 41.9 Å². The predicted molar refractivity (Wildman–Crippen MR) is 111 cm³/mol. The van der Waals surface area contributed by atoms with Crippen LogP contribution in [-0.4, -0.2) is 34.4 Å². The standard InChI is InChI=1S/C23H23N4O3/c1-29-20-8-7-17(11-21(20)30-15-16-5-3-2-4-6-16)13-27-10-9-18-12-25-23(22(24)28)26-19(18)14-27/h2-8,11H,9-10,13-15H2,1H3,(H2,24,28). The van der Waals surface area contributed by atoms with Crippen molar-refractivity contribution >= 4 is 5.91 Å². The van der Waals surface area contributed by atoms with Gasteiger partial charge in [-0.2, -0.15) is 0 Å². The van der Waals surface area contributed by atoms with Gasteiger partial charge in [0.1, 0.15) is 6.61 Å². The lowest BCUT2D eigenvalue weighted by molar-refractivity contribution is 0.0989. The van der Waals surface area contributed by atoms with Crippen molar-refractivity contribution in [3.8, 4) is 11.5 Å². The van der Waals surface area contributed by atoms with Crippen molar-refractivity contribution in [1.29, 1.82) is 0 Å². The molecule has 2 aromatic carbocycles. The fourth-order valence-electron chi connectivity index (χ4n) is 3.47. The van der Waals surface area contributed by atoms with Gasteiger partial charge in [0.15, 0.2) is 11.5 Å². The third kappa shape index (κ3) is 4.58. The first-order valence-corrected chi connectivity index (χ1v) is 9.75. The Bertz CT molecular complexity index is 1040. The van der Waals surface area contributed by atoms with Crippen molar-refractivity contribution in [1.82, 2.24) is 14.9 Å². The Kier molecular flexibility index (Phi) is 5.90. The van der Waals surface area contributed by atoms with Crippen molar-refractivity contribution < 1.29 is 14.3 Å². The molecule has 30 heavy (non-hydrogen) atoms. The molecule has 0 bridgehead atoms. The molecular weight excluding hydrogens is 380 g/mol. The number of methoxy groups -OCH3 is 1. The average molecular weight is 403 g/mol. The van der Waals surface area contributed by atoms with E-state index in [1.54, 1.807) is 7.11 Å². The molecule has 4 rings (SSSR count). The van der Waals surface area contributed by atoms with Crippen LogP contribution in [0.5, 0.6) is 11.5 Å². The van der Waals surface area contributed by atoms with Gasteiger partial charge >= 0.3 is 0 Å². The van der Waals surface area contributed by atoms with Crippen LogP contribution in [0.1, 0.15) is 33.0 Å². The molecule has 2 N–H and O–H groups in total. The summed E-state index contributed by atoms with van der Waals surface area (Å²) in [6, 6.07) is 16.0. The Morgan fingerprint density at radius 3 is 2.77 bits per heavy atom. The fraction of sp³-hybridized carbons (Fsp3) is 0.261. The summed E-state index contributed by atoms with van der Waals surface area (Å²) in [4.78, 5) is 21.8. The van der Waals surface area contributed by atoms with Gasteiger partial charge in [-0.3, -0.25) is 9.69 Å². The molecular formula is C23H23N4O3. The van der Waals surface area contributed by atoms with Crippen LogP contribution in [-0.2, 0) is 26.1 Å². The number of hydrogen-bond acceptors (Lipinski definition) is 6. The number of aromatic nitrogens is 2. The number of nitrogens with zero attached hydrogens (tertiary/aromatic N) is 3. The largest absolute Gasteiger partial charge is 0.493 e. The number of carbonyl (C=O) groups excluding carboxylic acids is 1. The van der Waals surface area contributed by atoms with Gasteiger partial charge in [-0.25, -0.2) is 9.97 Å². The second kappa shape index (κ2) is 8.92. The van der Waals surface area contributed by atoms with E-state index < -0.39 is 5.91 Å². The van der Waals surface area contributed by atoms with Crippen LogP contribution >= 0.6 is 0 Å². The summed E-state index contributed by atoms with van der Waals surface area (Å²) >= 11 is 0. The maximum Gasteiger partial charge on any atom is 0.286 e. The molecule has 0 unspecified atom stereocenters. The zero-order valence-electron chi connectivity index (χ0n) is 16.8. The molecule has 1 aromatic heterocycles. The van der Waals surface area contributed by atoms with E-state index in [9.17, 15) is 4.79 Å². The Balaban J connectivity index is 1.47. The predicted octanol–water partition coefficient (Wildman–Crippen LogP) is 2.52. The highest BCUT2D eigenvalue weighted by Gasteiger charge is 2.20. The molecule has 7 heteroatoms. The van der Waals surface area contributed by atoms with Gasteiger partial charge < -0.3 is 15.2 Å². The molecule has 1 radical (unpaired) electrons. The minimum absolute atomic E-state index is 0.0108. The highest BCUT2D eigenvalue weighted by atomic mass is 16.5. The molecule has 2 heterocycles. The van der Waals surface area contributed by atoms with Crippen LogP contribution < -0.4 is 15.2 Å². The topological polar surface area (TPSA) is 90.6 Å². The summed E-state index contributed by atoms with van der Waals surface area (Å²) in [6.07, 6.45) is 3.68. The van der Waals surface area contributed by atoms with Crippen molar-refractivity contribution in [3.63, 3.8) is 0 Å². The molecule has 0 spiro atoms. The first kappa shape index (κ1) is 19.8. The SMILES string of the molecule is COc1ccc(CN2CCc3[c]nc(C(N)=O)nc3C2)cc1OCc1ccccc1. The van der Waals surface area contributed by atoms with Crippen LogP contribution in [0.3, 0.4) is 0 Å². The zero-order chi connectivity index (χ0) is 20.9. The monoisotopic (exact) mass is 403 g/mol. The van der Waals surface area contributed by atoms with Crippen molar-refractivity contribution in [2.24, 2.45) is 5.73 Å². The molecule has 0 aliphatic carbocycles. The molecule has 3 aromatic rings. The minimum Gasteiger partial charge on any atom is -0.493 e. The van der Waals surface area contributed by atoms with Gasteiger partial charge in [-0.1, -0.05) is 36.4 Å². The van der Waals surface area contributed by atoms with Crippen molar-refractivity contribution in [2.75, 3.05) is 13.7 Å². The van der Waals surface area contributed by atoms with Crippen LogP contribution in [0.25, 0.3) is 0 Å². The lowest BCUT2D eigenvalue weighted by atomic mass is 10.1. The molecule has 0 saturated heterocycles. The van der Waals surface area contributed by atoms with E-state index in [1.165, 1.54) is 0 Å². The zero-order valence-corrected chi connectivity index (χ0v) is 16.8. The number of amides is 1. The quantitative estimate of drug-likeness (QED) is 0.652. The smallest absolute Gasteiger partial charge is 0.286 e. The molecule has 0 fully saturated rings. The molecule has 0 atom stereocenters. The second-order valence-electron chi connectivity index (χ2n) is 7.17. The maximum absolute atomic E-state index is 11.4. The van der Waals surface area contributed by atoms with Crippen LogP contribution in [0.15, 0.2) is 48.5 Å². The highest BCUT2D eigenvalue weighted by molar-refractivity contribution is 5.88. The maximum atomic E-state index is 11.4. The molecule has 153 valence electrons. The summed E-state index contributed by atoms with van der Waals surface area (Å²) in [5.74, 6) is 0.785. The summed E-state index contributed by atoms with van der Waals surface area (Å²) in [6.45, 7) is 2.66. The minimum atomic E-state index is -0.637. The normalized spacial score (nSPS) is 13.5. The number of rotatable bonds is 7. The van der Waals surface area contributed by atoms with E-state index in [2.05, 4.69) is 21.1 Å². The molecule has 1 aliphatic heterocycles. The number of primary amides is 1. The van der Waals surface area contributed by atoms with Gasteiger partial charge in [0.25, 0.3) is 5.91 Å². The molecule has 1 amide bonds. The Labute approximate surface area is 175 Å². The van der Waals surface area contributed by atoms with E-state index in [1.807, 2.05) is 48.5 Å². The summed E-state index contributed by atoms with van der Waals surface area (Å²) in [5, 5.41) is 0. The van der Waals surface area contributed by atoms with Gasteiger partial charge in [0.2, 0.25) is 5.82 Å². The van der Waals surface area contributed by atoms with E-state index >= 15 is 0 Å². The first-order chi connectivity index (χ1) is 14.6. The number of benzene rings is 2. The van der Waals surface area contributed by atoms with E-state index in [0.29, 0.717) is 24.7 Å². The molecule has 1 aliphatic rings. The van der Waals surface area contributed by atoms with Crippen LogP contribution in [0, 0.1) is 6.20 Å². The number of fused-ring (bicyclic) bond motifs is 1. The van der Waals surface area contributed by atoms with Crippen molar-refractivity contribution in [3.05, 3.63) is 82.9 Å². The second-order valence-corrected chi connectivity index (χ2v) is 7.17. The summed E-state index contributed by atoms with van der Waals surface area (Å²) < 4.78 is 11.5. The van der Waals surface area contributed by atoms with Gasteiger partial charge in [-0.05, 0) is 29.7 Å². The van der Waals surface area contributed by atoms with Gasteiger partial charge in [-0.15, -0.1) is 0 Å². The third-order valence-corrected chi connectivity index (χ3v) is 5.03. The molecule has 7 nitrogen and oxygen atoms in total. The summed E-state index contributed by atoms with van der Waals surface area (Å²) in [7, 11) is 1.64. The molecule has 0 saturated carbocycles. The lowest BCUT2D eigenvalue weighted by Crippen LogP contribution is -2.32. The van der Waals surface area contributed by atoms with Crippen LogP contribution in [0.4, 0.5) is 0 Å². The third-order valence-electron chi connectivity index (χ3n) is 5.03. The van der Waals surface area contributed by atoms with Crippen LogP contribution in [0.2, 0.25) is 0 Å². The Hall–Kier alpha value is -3.45. The van der Waals surface area contributed by atoms with Gasteiger partial charge in [0, 0.05) is 25.2 Å². The van der Waals surface area contributed by atoms with E-state index in [4.69, 9.17) is 15.2 Å². The fourth-order valence-corrected chi connectivity index (χ4v) is 3.47. The summed E-state index contributed by atoms with van der Waals surface area (Å²) in [5.41, 5.74) is 9.25. The van der Waals surface area contributed by atoms with Crippen molar-refractivity contribution in [2.45, 2.75) is 26.1 Å². The Morgan fingerprint density at radius 1 is 1.17 bits per heavy atom. The first-order valence-electron chi connectivity index (χ1n) is 9.75. The Morgan fingerprint density at radius 2 is 2.00 bits per heavy atom. The lowest BCUT2D eigenvalue weighted by Gasteiger charge is -2.27.